The van der Waals surface area contributed by atoms with Gasteiger partial charge in [0, 0.05) is 32.2 Å². The smallest absolute Gasteiger partial charge is 0.0349 e. The molecule has 1 atom stereocenters. The van der Waals surface area contributed by atoms with Gasteiger partial charge in [0.15, 0.2) is 0 Å². The second kappa shape index (κ2) is 10.7. The SMILES string of the molecule is CCC[C@H](c1ccc(-c2ccccc2)cc1)N1CCNCC1.Cl.Cl. The Balaban J connectivity index is 0.00000144. The van der Waals surface area contributed by atoms with Gasteiger partial charge in [-0.15, -0.1) is 24.8 Å². The fraction of sp³-hybridized carbons (Fsp3) is 0.400. The molecular formula is C20H28Cl2N2. The van der Waals surface area contributed by atoms with Crippen LogP contribution in [0.3, 0.4) is 0 Å². The lowest BCUT2D eigenvalue weighted by Gasteiger charge is -2.35. The van der Waals surface area contributed by atoms with E-state index in [2.05, 4.69) is 71.7 Å². The maximum absolute atomic E-state index is 3.45. The van der Waals surface area contributed by atoms with Crippen molar-refractivity contribution in [1.29, 1.82) is 0 Å². The van der Waals surface area contributed by atoms with Crippen molar-refractivity contribution >= 4 is 24.8 Å². The highest BCUT2D eigenvalue weighted by molar-refractivity contribution is 5.85. The Morgan fingerprint density at radius 1 is 0.875 bits per heavy atom. The molecule has 1 fully saturated rings. The van der Waals surface area contributed by atoms with E-state index in [0.717, 1.165) is 26.2 Å². The van der Waals surface area contributed by atoms with Gasteiger partial charge in [-0.05, 0) is 23.1 Å². The maximum atomic E-state index is 3.45. The molecule has 24 heavy (non-hydrogen) atoms. The van der Waals surface area contributed by atoms with Gasteiger partial charge in [0.05, 0.1) is 0 Å². The first-order valence-corrected chi connectivity index (χ1v) is 8.48. The number of hydrogen-bond acceptors (Lipinski definition) is 2. The highest BCUT2D eigenvalue weighted by atomic mass is 35.5. The molecule has 1 N–H and O–H groups in total. The summed E-state index contributed by atoms with van der Waals surface area (Å²) in [5, 5.41) is 3.45. The predicted octanol–water partition coefficient (Wildman–Crippen LogP) is 4.94. The van der Waals surface area contributed by atoms with Crippen LogP contribution in [0.15, 0.2) is 54.6 Å². The van der Waals surface area contributed by atoms with E-state index >= 15 is 0 Å². The zero-order valence-corrected chi connectivity index (χ0v) is 15.9. The minimum atomic E-state index is 0. The van der Waals surface area contributed by atoms with E-state index in [1.54, 1.807) is 0 Å². The van der Waals surface area contributed by atoms with Crippen LogP contribution in [0.5, 0.6) is 0 Å². The van der Waals surface area contributed by atoms with Crippen LogP contribution < -0.4 is 5.32 Å². The van der Waals surface area contributed by atoms with E-state index in [4.69, 9.17) is 0 Å². The predicted molar refractivity (Wildman–Crippen MR) is 108 cm³/mol. The Morgan fingerprint density at radius 3 is 2.04 bits per heavy atom. The van der Waals surface area contributed by atoms with Crippen molar-refractivity contribution in [3.05, 3.63) is 60.2 Å². The van der Waals surface area contributed by atoms with Crippen LogP contribution >= 0.6 is 24.8 Å². The van der Waals surface area contributed by atoms with Gasteiger partial charge >= 0.3 is 0 Å². The van der Waals surface area contributed by atoms with Gasteiger partial charge in [-0.2, -0.15) is 0 Å². The van der Waals surface area contributed by atoms with Crippen molar-refractivity contribution in [3.63, 3.8) is 0 Å². The topological polar surface area (TPSA) is 15.3 Å². The molecular weight excluding hydrogens is 339 g/mol. The molecule has 1 aliphatic heterocycles. The molecule has 0 radical (unpaired) electrons. The van der Waals surface area contributed by atoms with Crippen molar-refractivity contribution < 1.29 is 0 Å². The first kappa shape index (κ1) is 21.0. The number of nitrogens with one attached hydrogen (secondary N) is 1. The van der Waals surface area contributed by atoms with E-state index in [-0.39, 0.29) is 24.8 Å². The second-order valence-corrected chi connectivity index (χ2v) is 6.08. The molecule has 0 spiro atoms. The van der Waals surface area contributed by atoms with E-state index in [1.165, 1.54) is 29.5 Å². The fourth-order valence-corrected chi connectivity index (χ4v) is 3.36. The minimum absolute atomic E-state index is 0. The maximum Gasteiger partial charge on any atom is 0.0349 e. The number of rotatable bonds is 5. The van der Waals surface area contributed by atoms with Crippen LogP contribution in [-0.2, 0) is 0 Å². The van der Waals surface area contributed by atoms with Gasteiger partial charge in [0.1, 0.15) is 0 Å². The Hall–Kier alpha value is -1.06. The van der Waals surface area contributed by atoms with Crippen molar-refractivity contribution in [3.8, 4) is 11.1 Å². The summed E-state index contributed by atoms with van der Waals surface area (Å²) in [5.41, 5.74) is 4.06. The summed E-state index contributed by atoms with van der Waals surface area (Å²) >= 11 is 0. The highest BCUT2D eigenvalue weighted by Crippen LogP contribution is 2.28. The van der Waals surface area contributed by atoms with Crippen molar-refractivity contribution in [2.24, 2.45) is 0 Å². The molecule has 0 saturated carbocycles. The van der Waals surface area contributed by atoms with Gasteiger partial charge < -0.3 is 5.32 Å². The van der Waals surface area contributed by atoms with Gasteiger partial charge in [-0.1, -0.05) is 67.9 Å². The minimum Gasteiger partial charge on any atom is -0.314 e. The van der Waals surface area contributed by atoms with Crippen LogP contribution in [0.4, 0.5) is 0 Å². The number of benzene rings is 2. The standard InChI is InChI=1S/C20H26N2.2ClH/c1-2-6-20(22-15-13-21-14-16-22)19-11-9-18(10-12-19)17-7-4-3-5-8-17;;/h3-5,7-12,20-21H,2,6,13-16H2,1H3;2*1H/t20-;;/m1../s1. The normalized spacial score (nSPS) is 15.9. The lowest BCUT2D eigenvalue weighted by atomic mass is 9.97. The summed E-state index contributed by atoms with van der Waals surface area (Å²) < 4.78 is 0. The van der Waals surface area contributed by atoms with Crippen molar-refractivity contribution in [2.45, 2.75) is 25.8 Å². The second-order valence-electron chi connectivity index (χ2n) is 6.08. The molecule has 2 nitrogen and oxygen atoms in total. The van der Waals surface area contributed by atoms with E-state index in [1.807, 2.05) is 0 Å². The zero-order chi connectivity index (χ0) is 15.2. The lowest BCUT2D eigenvalue weighted by Crippen LogP contribution is -2.45. The van der Waals surface area contributed by atoms with Crippen LogP contribution in [0.25, 0.3) is 11.1 Å². The average molecular weight is 367 g/mol. The number of piperazine rings is 1. The van der Waals surface area contributed by atoms with Gasteiger partial charge in [-0.3, -0.25) is 4.90 Å². The van der Waals surface area contributed by atoms with Crippen LogP contribution in [-0.4, -0.2) is 31.1 Å². The summed E-state index contributed by atoms with van der Waals surface area (Å²) in [6.45, 7) is 6.83. The van der Waals surface area contributed by atoms with Crippen LogP contribution in [0, 0.1) is 0 Å². The molecule has 4 heteroatoms. The van der Waals surface area contributed by atoms with Gasteiger partial charge in [0.2, 0.25) is 0 Å². The zero-order valence-electron chi connectivity index (χ0n) is 14.3. The Labute approximate surface area is 158 Å². The summed E-state index contributed by atoms with van der Waals surface area (Å²) in [6, 6.07) is 20.4. The number of halogens is 2. The molecule has 1 heterocycles. The molecule has 132 valence electrons. The van der Waals surface area contributed by atoms with Crippen LogP contribution in [0.2, 0.25) is 0 Å². The van der Waals surface area contributed by atoms with E-state index < -0.39 is 0 Å². The first-order chi connectivity index (χ1) is 10.9. The molecule has 3 rings (SSSR count). The third-order valence-corrected chi connectivity index (χ3v) is 4.56. The molecule has 1 saturated heterocycles. The van der Waals surface area contributed by atoms with Gasteiger partial charge in [-0.25, -0.2) is 0 Å². The summed E-state index contributed by atoms with van der Waals surface area (Å²) in [7, 11) is 0. The Bertz CT molecular complexity index is 566. The number of nitrogens with zero attached hydrogens (tertiary/aromatic N) is 1. The Morgan fingerprint density at radius 2 is 1.46 bits per heavy atom. The quantitative estimate of drug-likeness (QED) is 0.805. The van der Waals surface area contributed by atoms with E-state index in [9.17, 15) is 0 Å². The number of hydrogen-bond donors (Lipinski definition) is 1. The molecule has 0 bridgehead atoms. The molecule has 2 aromatic carbocycles. The summed E-state index contributed by atoms with van der Waals surface area (Å²) in [5.74, 6) is 0. The molecule has 0 amide bonds. The molecule has 0 aromatic heterocycles. The molecule has 1 aliphatic rings. The van der Waals surface area contributed by atoms with Crippen LogP contribution in [0.1, 0.15) is 31.4 Å². The first-order valence-electron chi connectivity index (χ1n) is 8.48. The largest absolute Gasteiger partial charge is 0.314 e. The summed E-state index contributed by atoms with van der Waals surface area (Å²) in [6.07, 6.45) is 2.47. The van der Waals surface area contributed by atoms with Crippen molar-refractivity contribution in [2.75, 3.05) is 26.2 Å². The van der Waals surface area contributed by atoms with Crippen molar-refractivity contribution in [1.82, 2.24) is 10.2 Å². The molecule has 0 aliphatic carbocycles. The third kappa shape index (κ3) is 5.22. The summed E-state index contributed by atoms with van der Waals surface area (Å²) in [4.78, 5) is 2.64. The third-order valence-electron chi connectivity index (χ3n) is 4.56. The lowest BCUT2D eigenvalue weighted by molar-refractivity contribution is 0.164. The average Bonchev–Trinajstić information content (AvgIpc) is 2.61. The van der Waals surface area contributed by atoms with E-state index in [0.29, 0.717) is 6.04 Å². The van der Waals surface area contributed by atoms with Gasteiger partial charge in [0.25, 0.3) is 0 Å². The molecule has 2 aromatic rings. The molecule has 0 unspecified atom stereocenters. The fourth-order valence-electron chi connectivity index (χ4n) is 3.36. The Kier molecular flexibility index (Phi) is 9.38. The highest BCUT2D eigenvalue weighted by Gasteiger charge is 2.21. The monoisotopic (exact) mass is 366 g/mol.